The van der Waals surface area contributed by atoms with Gasteiger partial charge in [-0.15, -0.1) is 0 Å². The maximum atomic E-state index is 12.6. The number of benzene rings is 1. The van der Waals surface area contributed by atoms with E-state index in [1.54, 1.807) is 12.1 Å². The van der Waals surface area contributed by atoms with Crippen molar-refractivity contribution >= 4 is 17.5 Å². The van der Waals surface area contributed by atoms with Gasteiger partial charge in [0, 0.05) is 19.5 Å². The van der Waals surface area contributed by atoms with Gasteiger partial charge < -0.3 is 14.7 Å². The van der Waals surface area contributed by atoms with Crippen molar-refractivity contribution in [3.05, 3.63) is 34.9 Å². The fourth-order valence-corrected chi connectivity index (χ4v) is 3.78. The summed E-state index contributed by atoms with van der Waals surface area (Å²) in [6.45, 7) is 3.74. The van der Waals surface area contributed by atoms with Crippen molar-refractivity contribution in [1.29, 1.82) is 0 Å². The van der Waals surface area contributed by atoms with Crippen LogP contribution >= 0.6 is 11.6 Å². The van der Waals surface area contributed by atoms with Gasteiger partial charge in [0.05, 0.1) is 28.4 Å². The molecule has 0 aromatic heterocycles. The van der Waals surface area contributed by atoms with E-state index in [-0.39, 0.29) is 11.5 Å². The molecule has 0 saturated carbocycles. The van der Waals surface area contributed by atoms with Gasteiger partial charge in [0.25, 0.3) is 5.91 Å². The van der Waals surface area contributed by atoms with Gasteiger partial charge in [0.2, 0.25) is 0 Å². The number of ether oxygens (including phenoxy) is 1. The molecule has 2 saturated heterocycles. The highest BCUT2D eigenvalue weighted by Gasteiger charge is 2.45. The fourth-order valence-electron chi connectivity index (χ4n) is 3.56. The molecule has 0 bridgehead atoms. The molecule has 1 aromatic carbocycles. The first-order chi connectivity index (χ1) is 10.4. The SMILES string of the molecule is CC1(O)CCOC2(CCN(C(=O)c3ccccc3Cl)CC2)C1. The summed E-state index contributed by atoms with van der Waals surface area (Å²) in [7, 11) is 0. The Morgan fingerprint density at radius 2 is 1.95 bits per heavy atom. The summed E-state index contributed by atoms with van der Waals surface area (Å²) in [6, 6.07) is 7.15. The number of aliphatic hydroxyl groups is 1. The van der Waals surface area contributed by atoms with Crippen molar-refractivity contribution in [2.45, 2.75) is 43.8 Å². The van der Waals surface area contributed by atoms with E-state index in [0.717, 1.165) is 12.8 Å². The van der Waals surface area contributed by atoms with E-state index in [4.69, 9.17) is 16.3 Å². The van der Waals surface area contributed by atoms with Crippen LogP contribution in [0.4, 0.5) is 0 Å². The third-order valence-electron chi connectivity index (χ3n) is 4.82. The second-order valence-corrected chi connectivity index (χ2v) is 7.13. The molecule has 1 unspecified atom stereocenters. The lowest BCUT2D eigenvalue weighted by atomic mass is 9.78. The molecule has 1 amide bonds. The zero-order chi connectivity index (χ0) is 15.8. The minimum absolute atomic E-state index is 0.0250. The van der Waals surface area contributed by atoms with Crippen LogP contribution in [0.5, 0.6) is 0 Å². The highest BCUT2D eigenvalue weighted by atomic mass is 35.5. The maximum absolute atomic E-state index is 12.6. The zero-order valence-electron chi connectivity index (χ0n) is 12.8. The Bertz CT molecular complexity index is 565. The molecule has 1 N–H and O–H groups in total. The lowest BCUT2D eigenvalue weighted by molar-refractivity contribution is -0.170. The van der Waals surface area contributed by atoms with E-state index in [0.29, 0.717) is 43.1 Å². The van der Waals surface area contributed by atoms with E-state index in [2.05, 4.69) is 0 Å². The topological polar surface area (TPSA) is 49.8 Å². The van der Waals surface area contributed by atoms with Crippen molar-refractivity contribution in [3.63, 3.8) is 0 Å². The number of carbonyl (C=O) groups is 1. The lowest BCUT2D eigenvalue weighted by Crippen LogP contribution is -2.54. The first kappa shape index (κ1) is 15.8. The summed E-state index contributed by atoms with van der Waals surface area (Å²) >= 11 is 6.11. The molecular formula is C17H22ClNO3. The zero-order valence-corrected chi connectivity index (χ0v) is 13.6. The number of rotatable bonds is 1. The molecular weight excluding hydrogens is 302 g/mol. The van der Waals surface area contributed by atoms with Crippen LogP contribution in [0.15, 0.2) is 24.3 Å². The van der Waals surface area contributed by atoms with Crippen LogP contribution in [0, 0.1) is 0 Å². The van der Waals surface area contributed by atoms with E-state index in [1.807, 2.05) is 24.0 Å². The molecule has 2 aliphatic rings. The Labute approximate surface area is 136 Å². The molecule has 3 rings (SSSR count). The van der Waals surface area contributed by atoms with Crippen LogP contribution in [0.2, 0.25) is 5.02 Å². The van der Waals surface area contributed by atoms with Gasteiger partial charge >= 0.3 is 0 Å². The largest absolute Gasteiger partial charge is 0.390 e. The van der Waals surface area contributed by atoms with Crippen LogP contribution in [0.3, 0.4) is 0 Å². The second-order valence-electron chi connectivity index (χ2n) is 6.73. The molecule has 0 radical (unpaired) electrons. The number of piperidine rings is 1. The number of carbonyl (C=O) groups excluding carboxylic acids is 1. The van der Waals surface area contributed by atoms with Crippen LogP contribution in [-0.2, 0) is 4.74 Å². The fraction of sp³-hybridized carbons (Fsp3) is 0.588. The van der Waals surface area contributed by atoms with Crippen molar-refractivity contribution in [1.82, 2.24) is 4.90 Å². The number of amides is 1. The van der Waals surface area contributed by atoms with Crippen molar-refractivity contribution in [3.8, 4) is 0 Å². The van der Waals surface area contributed by atoms with E-state index in [1.165, 1.54) is 0 Å². The van der Waals surface area contributed by atoms with E-state index in [9.17, 15) is 9.90 Å². The van der Waals surface area contributed by atoms with Crippen LogP contribution in [-0.4, -0.2) is 46.8 Å². The number of hydrogen-bond acceptors (Lipinski definition) is 3. The number of nitrogens with zero attached hydrogens (tertiary/aromatic N) is 1. The Hall–Kier alpha value is -1.10. The van der Waals surface area contributed by atoms with Crippen molar-refractivity contribution in [2.24, 2.45) is 0 Å². The van der Waals surface area contributed by atoms with Crippen molar-refractivity contribution in [2.75, 3.05) is 19.7 Å². The Balaban J connectivity index is 1.67. The lowest BCUT2D eigenvalue weighted by Gasteiger charge is -2.48. The molecule has 1 spiro atoms. The predicted molar refractivity (Wildman–Crippen MR) is 85.1 cm³/mol. The first-order valence-electron chi connectivity index (χ1n) is 7.81. The maximum Gasteiger partial charge on any atom is 0.255 e. The summed E-state index contributed by atoms with van der Waals surface area (Å²) in [5.74, 6) is -0.0250. The first-order valence-corrected chi connectivity index (χ1v) is 8.19. The second kappa shape index (κ2) is 5.84. The summed E-state index contributed by atoms with van der Waals surface area (Å²) in [5, 5.41) is 10.8. The minimum atomic E-state index is -0.660. The monoisotopic (exact) mass is 323 g/mol. The molecule has 2 fully saturated rings. The van der Waals surface area contributed by atoms with Gasteiger partial charge in [-0.05, 0) is 38.3 Å². The molecule has 0 aliphatic carbocycles. The van der Waals surface area contributed by atoms with Gasteiger partial charge in [0.15, 0.2) is 0 Å². The minimum Gasteiger partial charge on any atom is -0.390 e. The number of likely N-dealkylation sites (tertiary alicyclic amines) is 1. The summed E-state index contributed by atoms with van der Waals surface area (Å²) in [5.41, 5.74) is -0.386. The molecule has 22 heavy (non-hydrogen) atoms. The molecule has 120 valence electrons. The van der Waals surface area contributed by atoms with Gasteiger partial charge in [-0.25, -0.2) is 0 Å². The van der Waals surface area contributed by atoms with E-state index < -0.39 is 5.60 Å². The quantitative estimate of drug-likeness (QED) is 0.864. The highest BCUT2D eigenvalue weighted by molar-refractivity contribution is 6.33. The third-order valence-corrected chi connectivity index (χ3v) is 5.15. The Morgan fingerprint density at radius 1 is 1.27 bits per heavy atom. The van der Waals surface area contributed by atoms with Crippen LogP contribution in [0.25, 0.3) is 0 Å². The normalized spacial score (nSPS) is 27.9. The molecule has 4 nitrogen and oxygen atoms in total. The smallest absolute Gasteiger partial charge is 0.255 e. The van der Waals surface area contributed by atoms with Gasteiger partial charge in [-0.2, -0.15) is 0 Å². The molecule has 1 aromatic rings. The summed E-state index contributed by atoms with van der Waals surface area (Å²) < 4.78 is 5.98. The van der Waals surface area contributed by atoms with Gasteiger partial charge in [-0.3, -0.25) is 4.79 Å². The van der Waals surface area contributed by atoms with Gasteiger partial charge in [-0.1, -0.05) is 23.7 Å². The average Bonchev–Trinajstić information content (AvgIpc) is 2.47. The Morgan fingerprint density at radius 3 is 2.59 bits per heavy atom. The van der Waals surface area contributed by atoms with E-state index >= 15 is 0 Å². The predicted octanol–water partition coefficient (Wildman–Crippen LogP) is 2.88. The molecule has 5 heteroatoms. The summed E-state index contributed by atoms with van der Waals surface area (Å²) in [6.07, 6.45) is 2.85. The third kappa shape index (κ3) is 3.14. The van der Waals surface area contributed by atoms with Gasteiger partial charge in [0.1, 0.15) is 0 Å². The van der Waals surface area contributed by atoms with Crippen molar-refractivity contribution < 1.29 is 14.6 Å². The number of halogens is 1. The molecule has 2 aliphatic heterocycles. The Kier molecular flexibility index (Phi) is 4.19. The summed E-state index contributed by atoms with van der Waals surface area (Å²) in [4.78, 5) is 14.4. The number of hydrogen-bond donors (Lipinski definition) is 1. The average molecular weight is 324 g/mol. The molecule has 1 atom stereocenters. The molecule has 2 heterocycles. The van der Waals surface area contributed by atoms with Crippen LogP contribution < -0.4 is 0 Å². The highest BCUT2D eigenvalue weighted by Crippen LogP contribution is 2.39. The van der Waals surface area contributed by atoms with Crippen LogP contribution in [0.1, 0.15) is 43.0 Å². The standard InChI is InChI=1S/C17H22ClNO3/c1-16(21)8-11-22-17(12-16)6-9-19(10-7-17)15(20)13-4-2-3-5-14(13)18/h2-5,21H,6-12H2,1H3.